The molecular weight excluding hydrogens is 332 g/mol. The molecule has 0 aliphatic carbocycles. The van der Waals surface area contributed by atoms with Gasteiger partial charge in [-0.15, -0.1) is 0 Å². The molecule has 1 unspecified atom stereocenters. The molecule has 4 heteroatoms. The molecule has 0 fully saturated rings. The number of aryl methyl sites for hydroxylation is 1. The topological polar surface area (TPSA) is 35.8 Å². The van der Waals surface area contributed by atoms with Gasteiger partial charge in [0.2, 0.25) is 0 Å². The van der Waals surface area contributed by atoms with Crippen LogP contribution in [0.25, 0.3) is 0 Å². The van der Waals surface area contributed by atoms with Crippen LogP contribution in [0.5, 0.6) is 0 Å². The summed E-state index contributed by atoms with van der Waals surface area (Å²) in [6, 6.07) is 6.51. The number of halogens is 2. The molecule has 86 valence electrons. The molecule has 0 spiro atoms. The largest absolute Gasteiger partial charge is 0.379 e. The van der Waals surface area contributed by atoms with Crippen LogP contribution in [-0.4, -0.2) is 6.04 Å². The quantitative estimate of drug-likeness (QED) is 0.863. The van der Waals surface area contributed by atoms with Gasteiger partial charge in [-0.3, -0.25) is 0 Å². The molecule has 0 radical (unpaired) electrons. The minimum atomic E-state index is 0.195. The van der Waals surface area contributed by atoms with Gasteiger partial charge in [0.1, 0.15) is 0 Å². The molecule has 2 nitrogen and oxygen atoms in total. The van der Waals surface area contributed by atoms with E-state index in [-0.39, 0.29) is 6.04 Å². The Hall–Kier alpha value is -0.530. The SMILES string of the molecule is CCC(CC#N)Nc1c(Br)cc(C)cc1Br. The van der Waals surface area contributed by atoms with Crippen molar-refractivity contribution >= 4 is 37.5 Å². The molecular formula is C12H14Br2N2. The first-order chi connectivity index (χ1) is 7.58. The first-order valence-electron chi connectivity index (χ1n) is 5.17. The van der Waals surface area contributed by atoms with Crippen molar-refractivity contribution in [3.05, 3.63) is 26.6 Å². The van der Waals surface area contributed by atoms with Crippen LogP contribution in [0.1, 0.15) is 25.3 Å². The van der Waals surface area contributed by atoms with Gasteiger partial charge in [-0.1, -0.05) is 6.92 Å². The summed E-state index contributed by atoms with van der Waals surface area (Å²) in [5, 5.41) is 12.1. The molecule has 16 heavy (non-hydrogen) atoms. The van der Waals surface area contributed by atoms with Gasteiger partial charge in [0.25, 0.3) is 0 Å². The molecule has 1 atom stereocenters. The zero-order chi connectivity index (χ0) is 12.1. The van der Waals surface area contributed by atoms with Gasteiger partial charge in [-0.05, 0) is 62.9 Å². The Kier molecular flexibility index (Phi) is 5.30. The minimum Gasteiger partial charge on any atom is -0.379 e. The Bertz CT molecular complexity index is 387. The van der Waals surface area contributed by atoms with Crippen LogP contribution < -0.4 is 5.32 Å². The highest BCUT2D eigenvalue weighted by atomic mass is 79.9. The zero-order valence-electron chi connectivity index (χ0n) is 9.35. The van der Waals surface area contributed by atoms with Gasteiger partial charge < -0.3 is 5.32 Å². The summed E-state index contributed by atoms with van der Waals surface area (Å²) < 4.78 is 2.05. The van der Waals surface area contributed by atoms with Crippen molar-refractivity contribution in [1.29, 1.82) is 5.26 Å². The van der Waals surface area contributed by atoms with Crippen molar-refractivity contribution < 1.29 is 0 Å². The van der Waals surface area contributed by atoms with Crippen LogP contribution in [0.4, 0.5) is 5.69 Å². The number of hydrogen-bond acceptors (Lipinski definition) is 2. The van der Waals surface area contributed by atoms with E-state index in [9.17, 15) is 0 Å². The first-order valence-corrected chi connectivity index (χ1v) is 6.76. The van der Waals surface area contributed by atoms with E-state index < -0.39 is 0 Å². The predicted molar refractivity (Wildman–Crippen MR) is 74.5 cm³/mol. The van der Waals surface area contributed by atoms with Crippen LogP contribution in [0.15, 0.2) is 21.1 Å². The van der Waals surface area contributed by atoms with Crippen molar-refractivity contribution in [3.63, 3.8) is 0 Å². The third-order valence-corrected chi connectivity index (χ3v) is 3.62. The number of anilines is 1. The van der Waals surface area contributed by atoms with Gasteiger partial charge in [-0.2, -0.15) is 5.26 Å². The van der Waals surface area contributed by atoms with E-state index in [0.29, 0.717) is 6.42 Å². The molecule has 1 rings (SSSR count). The summed E-state index contributed by atoms with van der Waals surface area (Å²) in [6.45, 7) is 4.12. The summed E-state index contributed by atoms with van der Waals surface area (Å²) in [4.78, 5) is 0. The molecule has 0 heterocycles. The van der Waals surface area contributed by atoms with E-state index in [0.717, 1.165) is 21.1 Å². The molecule has 0 amide bonds. The number of nitrogens with zero attached hydrogens (tertiary/aromatic N) is 1. The van der Waals surface area contributed by atoms with Gasteiger partial charge in [0.05, 0.1) is 18.2 Å². The highest BCUT2D eigenvalue weighted by molar-refractivity contribution is 9.11. The molecule has 0 aromatic heterocycles. The Morgan fingerprint density at radius 2 is 1.94 bits per heavy atom. The lowest BCUT2D eigenvalue weighted by atomic mass is 10.1. The van der Waals surface area contributed by atoms with Gasteiger partial charge in [0, 0.05) is 15.0 Å². The van der Waals surface area contributed by atoms with E-state index in [1.807, 2.05) is 6.92 Å². The maximum atomic E-state index is 8.72. The molecule has 0 bridgehead atoms. The smallest absolute Gasteiger partial charge is 0.0643 e. The van der Waals surface area contributed by atoms with Crippen LogP contribution in [0, 0.1) is 18.3 Å². The normalized spacial score (nSPS) is 11.9. The van der Waals surface area contributed by atoms with E-state index >= 15 is 0 Å². The number of rotatable bonds is 4. The molecule has 1 aromatic rings. The van der Waals surface area contributed by atoms with E-state index in [4.69, 9.17) is 5.26 Å². The first kappa shape index (κ1) is 13.5. The predicted octanol–water partition coefficient (Wildman–Crippen LogP) is 4.62. The fourth-order valence-corrected chi connectivity index (χ4v) is 3.09. The average Bonchev–Trinajstić information content (AvgIpc) is 2.21. The Morgan fingerprint density at radius 1 is 1.38 bits per heavy atom. The Labute approximate surface area is 113 Å². The minimum absolute atomic E-state index is 0.195. The second-order valence-electron chi connectivity index (χ2n) is 3.72. The van der Waals surface area contributed by atoms with Crippen molar-refractivity contribution in [2.75, 3.05) is 5.32 Å². The van der Waals surface area contributed by atoms with Gasteiger partial charge >= 0.3 is 0 Å². The van der Waals surface area contributed by atoms with Gasteiger partial charge in [-0.25, -0.2) is 0 Å². The highest BCUT2D eigenvalue weighted by Gasteiger charge is 2.11. The van der Waals surface area contributed by atoms with Crippen molar-refractivity contribution in [2.24, 2.45) is 0 Å². The van der Waals surface area contributed by atoms with E-state index in [2.05, 4.69) is 62.3 Å². The lowest BCUT2D eigenvalue weighted by molar-refractivity contribution is 0.710. The van der Waals surface area contributed by atoms with Crippen LogP contribution in [-0.2, 0) is 0 Å². The highest BCUT2D eigenvalue weighted by Crippen LogP contribution is 2.33. The van der Waals surface area contributed by atoms with Gasteiger partial charge in [0.15, 0.2) is 0 Å². The summed E-state index contributed by atoms with van der Waals surface area (Å²) in [6.07, 6.45) is 1.45. The number of hydrogen-bond donors (Lipinski definition) is 1. The number of nitriles is 1. The summed E-state index contributed by atoms with van der Waals surface area (Å²) >= 11 is 7.06. The monoisotopic (exact) mass is 344 g/mol. The molecule has 1 aromatic carbocycles. The lowest BCUT2D eigenvalue weighted by Crippen LogP contribution is -2.18. The lowest BCUT2D eigenvalue weighted by Gasteiger charge is -2.18. The molecule has 0 aliphatic heterocycles. The third kappa shape index (κ3) is 3.50. The molecule has 0 saturated heterocycles. The second kappa shape index (κ2) is 6.27. The van der Waals surface area contributed by atoms with Crippen LogP contribution in [0.2, 0.25) is 0 Å². The maximum Gasteiger partial charge on any atom is 0.0643 e. The second-order valence-corrected chi connectivity index (χ2v) is 5.42. The Morgan fingerprint density at radius 3 is 2.38 bits per heavy atom. The van der Waals surface area contributed by atoms with Crippen LogP contribution >= 0.6 is 31.9 Å². The maximum absolute atomic E-state index is 8.72. The van der Waals surface area contributed by atoms with Crippen molar-refractivity contribution in [3.8, 4) is 6.07 Å². The van der Waals surface area contributed by atoms with Crippen molar-refractivity contribution in [1.82, 2.24) is 0 Å². The molecule has 0 aliphatic rings. The Balaban J connectivity index is 2.92. The zero-order valence-corrected chi connectivity index (χ0v) is 12.5. The summed E-state index contributed by atoms with van der Waals surface area (Å²) in [5.74, 6) is 0. The average molecular weight is 346 g/mol. The third-order valence-electron chi connectivity index (χ3n) is 2.37. The summed E-state index contributed by atoms with van der Waals surface area (Å²) in [5.41, 5.74) is 2.21. The molecule has 1 N–H and O–H groups in total. The fourth-order valence-electron chi connectivity index (χ4n) is 1.45. The van der Waals surface area contributed by atoms with E-state index in [1.165, 1.54) is 5.56 Å². The number of nitrogens with one attached hydrogen (secondary N) is 1. The van der Waals surface area contributed by atoms with E-state index in [1.54, 1.807) is 0 Å². The fraction of sp³-hybridized carbons (Fsp3) is 0.417. The van der Waals surface area contributed by atoms with Crippen molar-refractivity contribution in [2.45, 2.75) is 32.7 Å². The summed E-state index contributed by atoms with van der Waals surface area (Å²) in [7, 11) is 0. The standard InChI is InChI=1S/C12H14Br2N2/c1-3-9(4-5-15)16-12-10(13)6-8(2)7-11(12)14/h6-7,9,16H,3-4H2,1-2H3. The molecule has 0 saturated carbocycles. The van der Waals surface area contributed by atoms with Crippen LogP contribution in [0.3, 0.4) is 0 Å². The number of benzene rings is 1.